The maximum Gasteiger partial charge on any atom is 0.471 e. The molecule has 0 radical (unpaired) electrons. The summed E-state index contributed by atoms with van der Waals surface area (Å²) in [6, 6.07) is 16.2. The number of nitrogens with zero attached hydrogens (tertiary/aromatic N) is 3. The number of pyridine rings is 1. The third kappa shape index (κ3) is 4.28. The number of fused-ring (bicyclic) bond motifs is 1. The van der Waals surface area contributed by atoms with Gasteiger partial charge in [-0.3, -0.25) is 24.1 Å². The Labute approximate surface area is 183 Å². The van der Waals surface area contributed by atoms with Gasteiger partial charge >= 0.3 is 12.1 Å². The van der Waals surface area contributed by atoms with Gasteiger partial charge in [0.1, 0.15) is 5.65 Å². The molecule has 1 amide bonds. The average Bonchev–Trinajstić information content (AvgIpc) is 3.15. The number of carbonyl (C=O) groups excluding carboxylic acids is 2. The van der Waals surface area contributed by atoms with Gasteiger partial charge in [-0.1, -0.05) is 30.3 Å². The second-order valence-electron chi connectivity index (χ2n) is 6.91. The van der Waals surface area contributed by atoms with Crippen LogP contribution in [0.2, 0.25) is 0 Å². The summed E-state index contributed by atoms with van der Waals surface area (Å²) in [5.74, 6) is -2.97. The molecule has 0 unspecified atom stereocenters. The third-order valence-electron chi connectivity index (χ3n) is 4.76. The van der Waals surface area contributed by atoms with E-state index in [1.54, 1.807) is 35.6 Å². The molecule has 2 aromatic carbocycles. The molecule has 0 fully saturated rings. The highest BCUT2D eigenvalue weighted by Gasteiger charge is 2.39. The zero-order valence-corrected chi connectivity index (χ0v) is 16.5. The molecule has 8 nitrogen and oxygen atoms in total. The Morgan fingerprint density at radius 1 is 0.939 bits per heavy atom. The van der Waals surface area contributed by atoms with E-state index in [1.807, 2.05) is 0 Å². The normalized spacial score (nSPS) is 11.4. The van der Waals surface area contributed by atoms with E-state index in [4.69, 9.17) is 0 Å². The number of anilines is 1. The number of imidazole rings is 1. The molecule has 1 N–H and O–H groups in total. The Balaban J connectivity index is 1.87. The number of ketones is 1. The summed E-state index contributed by atoms with van der Waals surface area (Å²) < 4.78 is 39.9. The molecular weight excluding hydrogens is 441 g/mol. The fraction of sp³-hybridized carbons (Fsp3) is 0.0455. The number of rotatable bonds is 5. The maximum atomic E-state index is 12.9. The smallest absolute Gasteiger partial charge is 0.301 e. The Hall–Kier alpha value is -4.54. The van der Waals surface area contributed by atoms with E-state index in [1.165, 1.54) is 47.0 Å². The average molecular weight is 454 g/mol. The molecule has 166 valence electrons. The van der Waals surface area contributed by atoms with Gasteiger partial charge < -0.3 is 5.32 Å². The van der Waals surface area contributed by atoms with Crippen LogP contribution < -0.4 is 5.32 Å². The van der Waals surface area contributed by atoms with Crippen molar-refractivity contribution in [3.63, 3.8) is 0 Å². The van der Waals surface area contributed by atoms with Gasteiger partial charge in [-0.05, 0) is 24.3 Å². The number of halogens is 3. The lowest BCUT2D eigenvalue weighted by Crippen LogP contribution is -2.30. The molecular formula is C22H13F3N4O4. The van der Waals surface area contributed by atoms with E-state index < -0.39 is 22.8 Å². The Morgan fingerprint density at radius 3 is 2.21 bits per heavy atom. The van der Waals surface area contributed by atoms with Crippen LogP contribution in [0.3, 0.4) is 0 Å². The molecule has 33 heavy (non-hydrogen) atoms. The molecule has 0 aliphatic rings. The van der Waals surface area contributed by atoms with Crippen LogP contribution in [0.4, 0.5) is 24.7 Å². The minimum atomic E-state index is -5.16. The van der Waals surface area contributed by atoms with Crippen molar-refractivity contribution in [1.82, 2.24) is 9.38 Å². The Bertz CT molecular complexity index is 1380. The molecule has 2 aromatic heterocycles. The number of alkyl halides is 3. The van der Waals surface area contributed by atoms with Crippen LogP contribution in [0.1, 0.15) is 15.9 Å². The summed E-state index contributed by atoms with van der Waals surface area (Å²) in [4.78, 5) is 38.8. The molecule has 11 heteroatoms. The molecule has 4 rings (SSSR count). The van der Waals surface area contributed by atoms with Gasteiger partial charge in [-0.25, -0.2) is 4.98 Å². The summed E-state index contributed by atoms with van der Waals surface area (Å²) in [7, 11) is 0. The van der Waals surface area contributed by atoms with E-state index >= 15 is 0 Å². The molecule has 0 saturated heterocycles. The van der Waals surface area contributed by atoms with E-state index in [2.05, 4.69) is 4.98 Å². The standard InChI is InChI=1S/C22H13F3N4O4/c23-22(24,25)21(31)27-20-18(13-6-9-16(10-7-13)29(32)33)28-12-15(8-11-17(28)26-20)19(30)14-4-2-1-3-5-14/h1-12H,(H,27,31). The van der Waals surface area contributed by atoms with Crippen molar-refractivity contribution in [3.05, 3.63) is 94.2 Å². The number of benzene rings is 2. The van der Waals surface area contributed by atoms with Crippen LogP contribution in [-0.4, -0.2) is 32.2 Å². The highest BCUT2D eigenvalue weighted by Crippen LogP contribution is 2.32. The van der Waals surface area contributed by atoms with E-state index in [9.17, 15) is 32.9 Å². The summed E-state index contributed by atoms with van der Waals surface area (Å²) in [5, 5.41) is 12.7. The highest BCUT2D eigenvalue weighted by atomic mass is 19.4. The van der Waals surface area contributed by atoms with E-state index in [0.29, 0.717) is 5.56 Å². The first-order valence-electron chi connectivity index (χ1n) is 9.40. The number of aromatic nitrogens is 2. The molecule has 0 bridgehead atoms. The van der Waals surface area contributed by atoms with E-state index in [0.717, 1.165) is 0 Å². The van der Waals surface area contributed by atoms with Crippen molar-refractivity contribution in [2.75, 3.05) is 5.32 Å². The lowest BCUT2D eigenvalue weighted by atomic mass is 10.1. The predicted molar refractivity (Wildman–Crippen MR) is 112 cm³/mol. The maximum absolute atomic E-state index is 12.9. The van der Waals surface area contributed by atoms with Crippen LogP contribution >= 0.6 is 0 Å². The van der Waals surface area contributed by atoms with Crippen molar-refractivity contribution >= 4 is 28.8 Å². The molecule has 0 aliphatic heterocycles. The molecule has 0 spiro atoms. The number of amides is 1. The second-order valence-corrected chi connectivity index (χ2v) is 6.91. The molecule has 0 aliphatic carbocycles. The van der Waals surface area contributed by atoms with Gasteiger partial charge in [0.05, 0.1) is 10.6 Å². The SMILES string of the molecule is O=C(c1ccccc1)c1ccc2nc(NC(=O)C(F)(F)F)c(-c3ccc([N+](=O)[O-])cc3)n2c1. The zero-order chi connectivity index (χ0) is 23.8. The number of hydrogen-bond donors (Lipinski definition) is 1. The lowest BCUT2D eigenvalue weighted by Gasteiger charge is -2.09. The first kappa shape index (κ1) is 21.7. The van der Waals surface area contributed by atoms with Gasteiger partial charge in [-0.2, -0.15) is 13.2 Å². The van der Waals surface area contributed by atoms with Crippen molar-refractivity contribution in [2.24, 2.45) is 0 Å². The van der Waals surface area contributed by atoms with Crippen molar-refractivity contribution in [1.29, 1.82) is 0 Å². The number of non-ortho nitro benzene ring substituents is 1. The minimum Gasteiger partial charge on any atom is -0.301 e. The Morgan fingerprint density at radius 2 is 1.61 bits per heavy atom. The summed E-state index contributed by atoms with van der Waals surface area (Å²) in [6.07, 6.45) is -3.77. The summed E-state index contributed by atoms with van der Waals surface area (Å²) in [6.45, 7) is 0. The van der Waals surface area contributed by atoms with Gasteiger partial charge in [0.25, 0.3) is 5.69 Å². The topological polar surface area (TPSA) is 107 Å². The summed E-state index contributed by atoms with van der Waals surface area (Å²) >= 11 is 0. The van der Waals surface area contributed by atoms with Crippen LogP contribution in [0, 0.1) is 10.1 Å². The number of nitro benzene ring substituents is 1. The monoisotopic (exact) mass is 454 g/mol. The first-order valence-corrected chi connectivity index (χ1v) is 9.40. The van der Waals surface area contributed by atoms with Crippen LogP contribution in [0.25, 0.3) is 16.9 Å². The molecule has 2 heterocycles. The molecule has 0 atom stereocenters. The lowest BCUT2D eigenvalue weighted by molar-refractivity contribution is -0.384. The summed E-state index contributed by atoms with van der Waals surface area (Å²) in [5.41, 5.74) is 0.830. The van der Waals surface area contributed by atoms with Gasteiger partial charge in [0, 0.05) is 35.0 Å². The zero-order valence-electron chi connectivity index (χ0n) is 16.5. The highest BCUT2D eigenvalue weighted by molar-refractivity contribution is 6.09. The molecule has 4 aromatic rings. The van der Waals surface area contributed by atoms with Gasteiger partial charge in [-0.15, -0.1) is 0 Å². The molecule has 0 saturated carbocycles. The largest absolute Gasteiger partial charge is 0.471 e. The fourth-order valence-corrected chi connectivity index (χ4v) is 3.22. The quantitative estimate of drug-likeness (QED) is 0.269. The Kier molecular flexibility index (Phi) is 5.38. The number of hydrogen-bond acceptors (Lipinski definition) is 5. The number of carbonyl (C=O) groups is 2. The third-order valence-corrected chi connectivity index (χ3v) is 4.76. The van der Waals surface area contributed by atoms with Crippen molar-refractivity contribution in [2.45, 2.75) is 6.18 Å². The van der Waals surface area contributed by atoms with Crippen molar-refractivity contribution in [3.8, 4) is 11.3 Å². The van der Waals surface area contributed by atoms with Gasteiger partial charge in [0.2, 0.25) is 0 Å². The second kappa shape index (κ2) is 8.19. The number of nitrogens with one attached hydrogen (secondary N) is 1. The minimum absolute atomic E-state index is 0.0280. The predicted octanol–water partition coefficient (Wildman–Crippen LogP) is 4.64. The number of nitro groups is 1. The van der Waals surface area contributed by atoms with E-state index in [-0.39, 0.29) is 33.9 Å². The fourth-order valence-electron chi connectivity index (χ4n) is 3.22. The van der Waals surface area contributed by atoms with Crippen molar-refractivity contribution < 1.29 is 27.7 Å². The van der Waals surface area contributed by atoms with Crippen LogP contribution in [0.5, 0.6) is 0 Å². The van der Waals surface area contributed by atoms with Crippen LogP contribution in [-0.2, 0) is 4.79 Å². The first-order chi connectivity index (χ1) is 15.6. The van der Waals surface area contributed by atoms with Crippen LogP contribution in [0.15, 0.2) is 72.9 Å². The van der Waals surface area contributed by atoms with Gasteiger partial charge in [0.15, 0.2) is 11.6 Å².